The summed E-state index contributed by atoms with van der Waals surface area (Å²) in [5, 5.41) is 2.98. The smallest absolute Gasteiger partial charge is 0.337 e. The summed E-state index contributed by atoms with van der Waals surface area (Å²) in [4.78, 5) is 38.2. The topological polar surface area (TPSA) is 84.9 Å². The maximum Gasteiger partial charge on any atom is 0.337 e. The molecule has 2 aromatic rings. The molecule has 1 amide bonds. The highest BCUT2D eigenvalue weighted by Crippen LogP contribution is 2.19. The normalized spacial score (nSPS) is 10.3. The number of hydrogen-bond acceptors (Lipinski definition) is 6. The van der Waals surface area contributed by atoms with E-state index in [2.05, 4.69) is 5.32 Å². The van der Waals surface area contributed by atoms with E-state index >= 15 is 0 Å². The van der Waals surface area contributed by atoms with Crippen molar-refractivity contribution in [2.24, 2.45) is 0 Å². The minimum Gasteiger partial charge on any atom is -0.465 e. The number of para-hydroxylation sites is 1. The zero-order chi connectivity index (χ0) is 20.7. The average molecular weight is 384 g/mol. The molecule has 0 radical (unpaired) electrons. The molecule has 7 nitrogen and oxygen atoms in total. The first-order chi connectivity index (χ1) is 13.4. The number of hydrogen-bond donors (Lipinski definition) is 1. The average Bonchev–Trinajstić information content (AvgIpc) is 2.71. The number of esters is 2. The Kier molecular flexibility index (Phi) is 7.14. The van der Waals surface area contributed by atoms with E-state index in [1.54, 1.807) is 4.90 Å². The second-order valence-corrected chi connectivity index (χ2v) is 6.33. The molecule has 0 aliphatic rings. The van der Waals surface area contributed by atoms with Gasteiger partial charge >= 0.3 is 11.9 Å². The Bertz CT molecular complexity index is 815. The summed E-state index contributed by atoms with van der Waals surface area (Å²) in [6.45, 7) is 3.84. The molecule has 2 aromatic carbocycles. The van der Waals surface area contributed by atoms with Gasteiger partial charge in [0.1, 0.15) is 0 Å². The van der Waals surface area contributed by atoms with Crippen LogP contribution in [-0.4, -0.2) is 44.7 Å². The van der Waals surface area contributed by atoms with E-state index in [0.29, 0.717) is 5.69 Å². The molecule has 148 valence electrons. The van der Waals surface area contributed by atoms with Crippen LogP contribution in [0.1, 0.15) is 34.6 Å². The zero-order valence-electron chi connectivity index (χ0n) is 16.4. The van der Waals surface area contributed by atoms with Gasteiger partial charge in [-0.15, -0.1) is 0 Å². The SMILES string of the molecule is COC(=O)c1cc(NCC(=O)N(c2ccccc2)C(C)C)cc(C(=O)OC)c1. The predicted molar refractivity (Wildman–Crippen MR) is 107 cm³/mol. The summed E-state index contributed by atoms with van der Waals surface area (Å²) < 4.78 is 9.44. The van der Waals surface area contributed by atoms with Crippen molar-refractivity contribution >= 4 is 29.2 Å². The lowest BCUT2D eigenvalue weighted by atomic mass is 10.1. The lowest BCUT2D eigenvalue weighted by molar-refractivity contribution is -0.117. The van der Waals surface area contributed by atoms with Crippen LogP contribution in [0.2, 0.25) is 0 Å². The summed E-state index contributed by atoms with van der Waals surface area (Å²) >= 11 is 0. The van der Waals surface area contributed by atoms with Crippen LogP contribution in [0, 0.1) is 0 Å². The van der Waals surface area contributed by atoms with Crippen LogP contribution in [0.15, 0.2) is 48.5 Å². The molecule has 0 saturated carbocycles. The fourth-order valence-electron chi connectivity index (χ4n) is 2.78. The van der Waals surface area contributed by atoms with E-state index in [-0.39, 0.29) is 29.6 Å². The minimum absolute atomic E-state index is 0.0156. The molecule has 0 spiro atoms. The molecule has 0 unspecified atom stereocenters. The third kappa shape index (κ3) is 5.09. The van der Waals surface area contributed by atoms with Gasteiger partial charge in [-0.1, -0.05) is 18.2 Å². The number of nitrogens with one attached hydrogen (secondary N) is 1. The molecule has 0 heterocycles. The first-order valence-corrected chi connectivity index (χ1v) is 8.80. The van der Waals surface area contributed by atoms with Gasteiger partial charge < -0.3 is 19.7 Å². The Morgan fingerprint density at radius 2 is 1.46 bits per heavy atom. The van der Waals surface area contributed by atoms with Gasteiger partial charge in [0.2, 0.25) is 5.91 Å². The van der Waals surface area contributed by atoms with Gasteiger partial charge in [0.15, 0.2) is 0 Å². The van der Waals surface area contributed by atoms with Crippen LogP contribution in [0.4, 0.5) is 11.4 Å². The van der Waals surface area contributed by atoms with Crippen LogP contribution in [0.5, 0.6) is 0 Å². The number of carbonyl (C=O) groups is 3. The van der Waals surface area contributed by atoms with Gasteiger partial charge in [-0.25, -0.2) is 9.59 Å². The molecule has 7 heteroatoms. The fourth-order valence-corrected chi connectivity index (χ4v) is 2.78. The number of ether oxygens (including phenoxy) is 2. The molecule has 0 fully saturated rings. The number of nitrogens with zero attached hydrogens (tertiary/aromatic N) is 1. The zero-order valence-corrected chi connectivity index (χ0v) is 16.4. The van der Waals surface area contributed by atoms with Crippen molar-refractivity contribution in [1.82, 2.24) is 0 Å². The number of anilines is 2. The molecule has 2 rings (SSSR count). The van der Waals surface area contributed by atoms with Crippen LogP contribution in [0.3, 0.4) is 0 Å². The predicted octanol–water partition coefficient (Wildman–Crippen LogP) is 3.11. The Labute approximate surface area is 164 Å². The summed E-state index contributed by atoms with van der Waals surface area (Å²) in [5.74, 6) is -1.33. The molecule has 28 heavy (non-hydrogen) atoms. The minimum atomic E-state index is -0.590. The number of benzene rings is 2. The first-order valence-electron chi connectivity index (χ1n) is 8.80. The maximum absolute atomic E-state index is 12.8. The lowest BCUT2D eigenvalue weighted by Crippen LogP contribution is -2.40. The van der Waals surface area contributed by atoms with Gasteiger partial charge in [-0.05, 0) is 44.2 Å². The van der Waals surface area contributed by atoms with Crippen LogP contribution < -0.4 is 10.2 Å². The molecule has 1 N–H and O–H groups in total. The molecular weight excluding hydrogens is 360 g/mol. The molecule has 0 aliphatic carbocycles. The summed E-state index contributed by atoms with van der Waals surface area (Å²) in [5.41, 5.74) is 1.60. The summed E-state index contributed by atoms with van der Waals surface area (Å²) in [6, 6.07) is 13.7. The number of carbonyl (C=O) groups excluding carboxylic acids is 3. The van der Waals surface area contributed by atoms with Crippen molar-refractivity contribution < 1.29 is 23.9 Å². The Morgan fingerprint density at radius 3 is 1.93 bits per heavy atom. The van der Waals surface area contributed by atoms with Crippen LogP contribution in [0.25, 0.3) is 0 Å². The van der Waals surface area contributed by atoms with Gasteiger partial charge in [0.05, 0.1) is 31.9 Å². The molecule has 0 aliphatic heterocycles. The van der Waals surface area contributed by atoms with E-state index in [9.17, 15) is 14.4 Å². The third-order valence-corrected chi connectivity index (χ3v) is 4.04. The van der Waals surface area contributed by atoms with Crippen molar-refractivity contribution in [2.45, 2.75) is 19.9 Å². The second kappa shape index (κ2) is 9.55. The molecular formula is C21H24N2O5. The summed E-state index contributed by atoms with van der Waals surface area (Å²) in [7, 11) is 2.51. The van der Waals surface area contributed by atoms with Gasteiger partial charge in [-0.3, -0.25) is 4.79 Å². The maximum atomic E-state index is 12.8. The van der Waals surface area contributed by atoms with E-state index in [1.807, 2.05) is 44.2 Å². The van der Waals surface area contributed by atoms with Gasteiger partial charge in [0, 0.05) is 17.4 Å². The molecule has 0 aromatic heterocycles. The highest BCUT2D eigenvalue weighted by molar-refractivity contribution is 5.99. The number of rotatable bonds is 7. The van der Waals surface area contributed by atoms with Crippen molar-refractivity contribution in [1.29, 1.82) is 0 Å². The fraction of sp³-hybridized carbons (Fsp3) is 0.286. The standard InChI is InChI=1S/C21H24N2O5/c1-14(2)23(18-8-6-5-7-9-18)19(24)13-22-17-11-15(20(25)27-3)10-16(12-17)21(26)28-4/h5-12,14,22H,13H2,1-4H3. The number of amides is 1. The monoisotopic (exact) mass is 384 g/mol. The van der Waals surface area contributed by atoms with Gasteiger partial charge in [0.25, 0.3) is 0 Å². The largest absolute Gasteiger partial charge is 0.465 e. The Morgan fingerprint density at radius 1 is 0.929 bits per heavy atom. The highest BCUT2D eigenvalue weighted by atomic mass is 16.5. The number of methoxy groups -OCH3 is 2. The van der Waals surface area contributed by atoms with Crippen LogP contribution in [-0.2, 0) is 14.3 Å². The van der Waals surface area contributed by atoms with Crippen molar-refractivity contribution in [3.8, 4) is 0 Å². The highest BCUT2D eigenvalue weighted by Gasteiger charge is 2.19. The van der Waals surface area contributed by atoms with Crippen molar-refractivity contribution in [2.75, 3.05) is 31.0 Å². The summed E-state index contributed by atoms with van der Waals surface area (Å²) in [6.07, 6.45) is 0. The third-order valence-electron chi connectivity index (χ3n) is 4.04. The van der Waals surface area contributed by atoms with E-state index in [4.69, 9.17) is 9.47 Å². The second-order valence-electron chi connectivity index (χ2n) is 6.33. The van der Waals surface area contributed by atoms with Gasteiger partial charge in [-0.2, -0.15) is 0 Å². The molecule has 0 atom stereocenters. The van der Waals surface area contributed by atoms with E-state index in [0.717, 1.165) is 5.69 Å². The first kappa shape index (κ1) is 21.0. The van der Waals surface area contributed by atoms with Crippen LogP contribution >= 0.6 is 0 Å². The van der Waals surface area contributed by atoms with E-state index in [1.165, 1.54) is 32.4 Å². The quantitative estimate of drug-likeness (QED) is 0.739. The molecule has 0 saturated heterocycles. The van der Waals surface area contributed by atoms with E-state index < -0.39 is 11.9 Å². The Hall–Kier alpha value is -3.35. The Balaban J connectivity index is 2.23. The molecule has 0 bridgehead atoms. The van der Waals surface area contributed by atoms with Crippen molar-refractivity contribution in [3.05, 3.63) is 59.7 Å². The van der Waals surface area contributed by atoms with Crippen molar-refractivity contribution in [3.63, 3.8) is 0 Å². The lowest BCUT2D eigenvalue weighted by Gasteiger charge is -2.27.